The fourth-order valence-corrected chi connectivity index (χ4v) is 3.20. The predicted molar refractivity (Wildman–Crippen MR) is 110 cm³/mol. The minimum Gasteiger partial charge on any atom is -0.448 e. The zero-order valence-electron chi connectivity index (χ0n) is 16.7. The van der Waals surface area contributed by atoms with Crippen LogP contribution in [0.5, 0.6) is 0 Å². The minimum absolute atomic E-state index is 0.121. The Kier molecular flexibility index (Phi) is 5.53. The lowest BCUT2D eigenvalue weighted by molar-refractivity contribution is 0.133. The molecule has 1 aliphatic heterocycles. The zero-order valence-corrected chi connectivity index (χ0v) is 16.7. The van der Waals surface area contributed by atoms with Crippen molar-refractivity contribution >= 4 is 28.8 Å². The fraction of sp³-hybridized carbons (Fsp3) is 0.250. The van der Waals surface area contributed by atoms with Crippen LogP contribution in [0.3, 0.4) is 0 Å². The van der Waals surface area contributed by atoms with E-state index in [0.717, 1.165) is 12.1 Å². The maximum Gasteiger partial charge on any atom is 0.414 e. The van der Waals surface area contributed by atoms with Crippen LogP contribution in [0.4, 0.5) is 19.5 Å². The predicted octanol–water partition coefficient (Wildman–Crippen LogP) is 2.30. The number of halogens is 2. The number of hydrazone groups is 1. The summed E-state index contributed by atoms with van der Waals surface area (Å²) in [6.45, 7) is 0.809. The van der Waals surface area contributed by atoms with Gasteiger partial charge in [0.15, 0.2) is 6.23 Å². The SMILES string of the molecule is CN(C)CCOC(=O)Nc1nc2cc(C3=NNC(O)c4c(F)ccc(F)c43)ccc2[nH]1. The van der Waals surface area contributed by atoms with Crippen molar-refractivity contribution in [1.82, 2.24) is 20.3 Å². The van der Waals surface area contributed by atoms with Crippen LogP contribution < -0.4 is 10.7 Å². The van der Waals surface area contributed by atoms with Crippen molar-refractivity contribution in [2.45, 2.75) is 6.23 Å². The highest BCUT2D eigenvalue weighted by molar-refractivity contribution is 6.15. The molecular formula is C20H20F2N6O3. The number of H-pyrrole nitrogens is 1. The van der Waals surface area contributed by atoms with Crippen LogP contribution in [0.2, 0.25) is 0 Å². The van der Waals surface area contributed by atoms with E-state index >= 15 is 0 Å². The second-order valence-electron chi connectivity index (χ2n) is 7.19. The molecular weight excluding hydrogens is 410 g/mol. The van der Waals surface area contributed by atoms with Gasteiger partial charge in [0.25, 0.3) is 0 Å². The Morgan fingerprint density at radius 1 is 1.26 bits per heavy atom. The lowest BCUT2D eigenvalue weighted by atomic mass is 9.94. The van der Waals surface area contributed by atoms with Crippen molar-refractivity contribution in [2.24, 2.45) is 5.10 Å². The molecule has 0 saturated heterocycles. The molecule has 2 heterocycles. The fourth-order valence-electron chi connectivity index (χ4n) is 3.20. The number of nitrogens with zero attached hydrogens (tertiary/aromatic N) is 3. The number of ether oxygens (including phenoxy) is 1. The highest BCUT2D eigenvalue weighted by Gasteiger charge is 2.28. The molecule has 1 unspecified atom stereocenters. The molecule has 2 aromatic carbocycles. The Bertz CT molecular complexity index is 1180. The molecule has 4 rings (SSSR count). The number of imidazole rings is 1. The van der Waals surface area contributed by atoms with Crippen LogP contribution in [0.15, 0.2) is 35.4 Å². The summed E-state index contributed by atoms with van der Waals surface area (Å²) in [5.41, 5.74) is 3.71. The van der Waals surface area contributed by atoms with Crippen LogP contribution in [0.25, 0.3) is 11.0 Å². The third-order valence-electron chi connectivity index (χ3n) is 4.70. The molecule has 0 aliphatic carbocycles. The summed E-state index contributed by atoms with van der Waals surface area (Å²) in [7, 11) is 3.73. The Hall–Kier alpha value is -3.57. The van der Waals surface area contributed by atoms with Gasteiger partial charge < -0.3 is 19.7 Å². The number of fused-ring (bicyclic) bond motifs is 2. The van der Waals surface area contributed by atoms with Crippen LogP contribution >= 0.6 is 0 Å². The number of rotatable bonds is 5. The van der Waals surface area contributed by atoms with E-state index < -0.39 is 24.0 Å². The molecule has 1 aromatic heterocycles. The molecule has 11 heteroatoms. The molecule has 0 saturated carbocycles. The molecule has 0 radical (unpaired) electrons. The lowest BCUT2D eigenvalue weighted by Crippen LogP contribution is -2.28. The number of likely N-dealkylation sites (N-methyl/N-ethyl adjacent to an activating group) is 1. The average molecular weight is 430 g/mol. The summed E-state index contributed by atoms with van der Waals surface area (Å²) < 4.78 is 33.8. The van der Waals surface area contributed by atoms with Crippen LogP contribution in [0, 0.1) is 11.6 Å². The smallest absolute Gasteiger partial charge is 0.414 e. The summed E-state index contributed by atoms with van der Waals surface area (Å²) in [5, 5.41) is 16.5. The van der Waals surface area contributed by atoms with E-state index in [1.807, 2.05) is 19.0 Å². The van der Waals surface area contributed by atoms with E-state index in [-0.39, 0.29) is 29.4 Å². The Balaban J connectivity index is 1.60. The largest absolute Gasteiger partial charge is 0.448 e. The maximum atomic E-state index is 14.5. The van der Waals surface area contributed by atoms with Gasteiger partial charge in [0, 0.05) is 17.7 Å². The van der Waals surface area contributed by atoms with Crippen molar-refractivity contribution in [3.8, 4) is 0 Å². The van der Waals surface area contributed by atoms with E-state index in [9.17, 15) is 18.7 Å². The molecule has 0 fully saturated rings. The van der Waals surface area contributed by atoms with E-state index in [4.69, 9.17) is 4.74 Å². The number of hydrogen-bond donors (Lipinski definition) is 4. The van der Waals surface area contributed by atoms with Crippen molar-refractivity contribution in [3.63, 3.8) is 0 Å². The Labute approximate surface area is 175 Å². The molecule has 1 amide bonds. The molecule has 0 bridgehead atoms. The van der Waals surface area contributed by atoms with Crippen LogP contribution in [-0.4, -0.2) is 59.0 Å². The standard InChI is InChI=1S/C20H20F2N6O3/c1-28(2)7-8-31-20(30)25-19-23-13-6-3-10(9-14(13)24-19)17-15-11(21)4-5-12(22)16(15)18(29)27-26-17/h3-6,9,18,27,29H,7-8H2,1-2H3,(H2,23,24,25,30). The van der Waals surface area contributed by atoms with Crippen molar-refractivity contribution in [2.75, 3.05) is 32.6 Å². The molecule has 31 heavy (non-hydrogen) atoms. The van der Waals surface area contributed by atoms with E-state index in [0.29, 0.717) is 23.1 Å². The highest BCUT2D eigenvalue weighted by Crippen LogP contribution is 2.29. The van der Waals surface area contributed by atoms with Crippen molar-refractivity contribution < 1.29 is 23.4 Å². The highest BCUT2D eigenvalue weighted by atomic mass is 19.1. The number of carbonyl (C=O) groups is 1. The van der Waals surface area contributed by atoms with Gasteiger partial charge >= 0.3 is 6.09 Å². The van der Waals surface area contributed by atoms with E-state index in [1.54, 1.807) is 18.2 Å². The summed E-state index contributed by atoms with van der Waals surface area (Å²) in [6, 6.07) is 6.87. The summed E-state index contributed by atoms with van der Waals surface area (Å²) >= 11 is 0. The van der Waals surface area contributed by atoms with Gasteiger partial charge in [0.1, 0.15) is 24.0 Å². The van der Waals surface area contributed by atoms with Crippen molar-refractivity contribution in [3.05, 3.63) is 58.7 Å². The van der Waals surface area contributed by atoms with Crippen LogP contribution in [-0.2, 0) is 4.74 Å². The summed E-state index contributed by atoms with van der Waals surface area (Å²) in [4.78, 5) is 21.0. The van der Waals surface area contributed by atoms with Gasteiger partial charge in [-0.1, -0.05) is 6.07 Å². The Morgan fingerprint density at radius 2 is 2.03 bits per heavy atom. The Morgan fingerprint density at radius 3 is 2.81 bits per heavy atom. The minimum atomic E-state index is -1.46. The zero-order chi connectivity index (χ0) is 22.1. The quantitative estimate of drug-likeness (QED) is 0.494. The molecule has 162 valence electrons. The first kappa shape index (κ1) is 20.7. The third kappa shape index (κ3) is 4.18. The number of anilines is 1. The number of aromatic amines is 1. The second-order valence-corrected chi connectivity index (χ2v) is 7.19. The van der Waals surface area contributed by atoms with E-state index in [1.165, 1.54) is 0 Å². The number of aliphatic hydroxyl groups excluding tert-OH is 1. The van der Waals surface area contributed by atoms with Crippen LogP contribution in [0.1, 0.15) is 22.9 Å². The second kappa shape index (κ2) is 8.28. The first-order chi connectivity index (χ1) is 14.8. The molecule has 9 nitrogen and oxygen atoms in total. The topological polar surface area (TPSA) is 115 Å². The lowest BCUT2D eigenvalue weighted by Gasteiger charge is -2.23. The molecule has 1 atom stereocenters. The normalized spacial score (nSPS) is 15.4. The monoisotopic (exact) mass is 430 g/mol. The first-order valence-electron chi connectivity index (χ1n) is 9.41. The first-order valence-corrected chi connectivity index (χ1v) is 9.41. The summed E-state index contributed by atoms with van der Waals surface area (Å²) in [6.07, 6.45) is -2.11. The molecule has 4 N–H and O–H groups in total. The third-order valence-corrected chi connectivity index (χ3v) is 4.70. The number of hydrogen-bond acceptors (Lipinski definition) is 7. The van der Waals surface area contributed by atoms with Gasteiger partial charge in [0.2, 0.25) is 5.95 Å². The van der Waals surface area contributed by atoms with Gasteiger partial charge in [-0.05, 0) is 38.4 Å². The number of nitrogens with one attached hydrogen (secondary N) is 3. The number of amides is 1. The van der Waals surface area contributed by atoms with Gasteiger partial charge in [-0.15, -0.1) is 0 Å². The van der Waals surface area contributed by atoms with Crippen molar-refractivity contribution in [1.29, 1.82) is 0 Å². The van der Waals surface area contributed by atoms with Gasteiger partial charge in [0.05, 0.1) is 16.6 Å². The number of carbonyl (C=O) groups excluding carboxylic acids is 1. The molecule has 1 aliphatic rings. The van der Waals surface area contributed by atoms with Gasteiger partial charge in [-0.25, -0.2) is 18.6 Å². The number of benzene rings is 2. The summed E-state index contributed by atoms with van der Waals surface area (Å²) in [5.74, 6) is -1.27. The average Bonchev–Trinajstić information content (AvgIpc) is 3.11. The molecule has 3 aromatic rings. The number of aromatic nitrogens is 2. The van der Waals surface area contributed by atoms with E-state index in [2.05, 4.69) is 25.8 Å². The van der Waals surface area contributed by atoms with Gasteiger partial charge in [-0.3, -0.25) is 10.7 Å². The van der Waals surface area contributed by atoms with Gasteiger partial charge in [-0.2, -0.15) is 5.10 Å². The number of aliphatic hydroxyl groups is 1. The maximum absolute atomic E-state index is 14.5. The molecule has 0 spiro atoms.